The first kappa shape index (κ1) is 9.70. The lowest BCUT2D eigenvalue weighted by Crippen LogP contribution is -1.99. The summed E-state index contributed by atoms with van der Waals surface area (Å²) in [6.45, 7) is 4.44. The van der Waals surface area contributed by atoms with Gasteiger partial charge in [0.15, 0.2) is 0 Å². The van der Waals surface area contributed by atoms with Crippen molar-refractivity contribution in [3.05, 3.63) is 28.6 Å². The molecule has 14 heavy (non-hydrogen) atoms. The number of aryl methyl sites for hydroxylation is 4. The van der Waals surface area contributed by atoms with Crippen molar-refractivity contribution in [3.8, 4) is 0 Å². The molecule has 0 saturated carbocycles. The molecule has 0 unspecified atom stereocenters. The van der Waals surface area contributed by atoms with Crippen LogP contribution in [0.15, 0.2) is 6.07 Å². The molecule has 1 nitrogen and oxygen atoms in total. The van der Waals surface area contributed by atoms with Gasteiger partial charge in [0, 0.05) is 11.4 Å². The standard InChI is InChI=1S/C13H19N/c1-3-4-7-12-10(2)9-11-6-5-8-13(11)14-12/h9H,3-8H2,1-2H3. The molecule has 0 N–H and O–H groups in total. The zero-order valence-electron chi connectivity index (χ0n) is 9.27. The average Bonchev–Trinajstić information content (AvgIpc) is 2.61. The van der Waals surface area contributed by atoms with E-state index in [9.17, 15) is 0 Å². The first-order chi connectivity index (χ1) is 6.81. The maximum Gasteiger partial charge on any atom is 0.0439 e. The first-order valence-electron chi connectivity index (χ1n) is 5.79. The van der Waals surface area contributed by atoms with E-state index in [1.807, 2.05) is 0 Å². The molecule has 0 saturated heterocycles. The molecular formula is C13H19N. The number of unbranched alkanes of at least 4 members (excludes halogenated alkanes) is 1. The lowest BCUT2D eigenvalue weighted by atomic mass is 10.1. The minimum absolute atomic E-state index is 1.16. The molecule has 0 fully saturated rings. The number of pyridine rings is 1. The quantitative estimate of drug-likeness (QED) is 0.711. The lowest BCUT2D eigenvalue weighted by molar-refractivity contribution is 0.765. The number of hydrogen-bond donors (Lipinski definition) is 0. The minimum Gasteiger partial charge on any atom is -0.257 e. The van der Waals surface area contributed by atoms with Crippen LogP contribution < -0.4 is 0 Å². The van der Waals surface area contributed by atoms with Crippen LogP contribution in [0.2, 0.25) is 0 Å². The van der Waals surface area contributed by atoms with Gasteiger partial charge in [-0.1, -0.05) is 19.4 Å². The highest BCUT2D eigenvalue weighted by atomic mass is 14.7. The molecule has 1 aromatic rings. The van der Waals surface area contributed by atoms with Gasteiger partial charge in [0.25, 0.3) is 0 Å². The Labute approximate surface area is 86.6 Å². The highest BCUT2D eigenvalue weighted by Crippen LogP contribution is 2.23. The fourth-order valence-electron chi connectivity index (χ4n) is 2.23. The van der Waals surface area contributed by atoms with E-state index in [0.29, 0.717) is 0 Å². The summed E-state index contributed by atoms with van der Waals surface area (Å²) in [5.41, 5.74) is 5.62. The molecule has 1 aromatic heterocycles. The van der Waals surface area contributed by atoms with E-state index >= 15 is 0 Å². The second kappa shape index (κ2) is 4.12. The van der Waals surface area contributed by atoms with Crippen molar-refractivity contribution in [2.45, 2.75) is 52.4 Å². The van der Waals surface area contributed by atoms with Crippen LogP contribution in [0.4, 0.5) is 0 Å². The summed E-state index contributed by atoms with van der Waals surface area (Å²) >= 11 is 0. The number of hydrogen-bond acceptors (Lipinski definition) is 1. The van der Waals surface area contributed by atoms with Crippen molar-refractivity contribution in [3.63, 3.8) is 0 Å². The maximum absolute atomic E-state index is 4.79. The summed E-state index contributed by atoms with van der Waals surface area (Å²) in [6.07, 6.45) is 7.45. The summed E-state index contributed by atoms with van der Waals surface area (Å²) in [5.74, 6) is 0. The molecule has 0 bridgehead atoms. The Morgan fingerprint density at radius 2 is 2.21 bits per heavy atom. The predicted octanol–water partition coefficient (Wildman–Crippen LogP) is 3.22. The lowest BCUT2D eigenvalue weighted by Gasteiger charge is -2.07. The summed E-state index contributed by atoms with van der Waals surface area (Å²) < 4.78 is 0. The van der Waals surface area contributed by atoms with Gasteiger partial charge in [0.1, 0.15) is 0 Å². The maximum atomic E-state index is 4.79. The van der Waals surface area contributed by atoms with E-state index in [0.717, 1.165) is 6.42 Å². The molecule has 1 aliphatic rings. The van der Waals surface area contributed by atoms with Crippen molar-refractivity contribution in [1.29, 1.82) is 0 Å². The molecule has 0 radical (unpaired) electrons. The summed E-state index contributed by atoms with van der Waals surface area (Å²) in [4.78, 5) is 4.79. The predicted molar refractivity (Wildman–Crippen MR) is 59.6 cm³/mol. The Morgan fingerprint density at radius 3 is 3.00 bits per heavy atom. The number of fused-ring (bicyclic) bond motifs is 1. The molecular weight excluding hydrogens is 170 g/mol. The van der Waals surface area contributed by atoms with Crippen LogP contribution in [0, 0.1) is 6.92 Å². The van der Waals surface area contributed by atoms with E-state index in [2.05, 4.69) is 19.9 Å². The van der Waals surface area contributed by atoms with Gasteiger partial charge in [-0.15, -0.1) is 0 Å². The molecule has 1 aliphatic carbocycles. The SMILES string of the molecule is CCCCc1nc2c(cc1C)CCC2. The van der Waals surface area contributed by atoms with Gasteiger partial charge in [-0.05, 0) is 50.2 Å². The molecule has 2 rings (SSSR count). The number of nitrogens with zero attached hydrogens (tertiary/aromatic N) is 1. The fourth-order valence-corrected chi connectivity index (χ4v) is 2.23. The van der Waals surface area contributed by atoms with Crippen molar-refractivity contribution in [2.75, 3.05) is 0 Å². The third kappa shape index (κ3) is 1.82. The molecule has 1 heteroatoms. The monoisotopic (exact) mass is 189 g/mol. The largest absolute Gasteiger partial charge is 0.257 e. The van der Waals surface area contributed by atoms with Crippen molar-refractivity contribution in [2.24, 2.45) is 0 Å². The van der Waals surface area contributed by atoms with Gasteiger partial charge in [0.05, 0.1) is 0 Å². The van der Waals surface area contributed by atoms with Crippen molar-refractivity contribution < 1.29 is 0 Å². The highest BCUT2D eigenvalue weighted by molar-refractivity contribution is 5.32. The third-order valence-corrected chi connectivity index (χ3v) is 3.11. The topological polar surface area (TPSA) is 12.9 Å². The smallest absolute Gasteiger partial charge is 0.0439 e. The molecule has 1 heterocycles. The van der Waals surface area contributed by atoms with Crippen molar-refractivity contribution >= 4 is 0 Å². The van der Waals surface area contributed by atoms with Gasteiger partial charge in [-0.2, -0.15) is 0 Å². The fraction of sp³-hybridized carbons (Fsp3) is 0.615. The summed E-state index contributed by atoms with van der Waals surface area (Å²) in [5, 5.41) is 0. The Morgan fingerprint density at radius 1 is 1.36 bits per heavy atom. The summed E-state index contributed by atoms with van der Waals surface area (Å²) in [7, 11) is 0. The normalized spacial score (nSPS) is 14.4. The van der Waals surface area contributed by atoms with Crippen LogP contribution in [0.5, 0.6) is 0 Å². The Bertz CT molecular complexity index is 328. The van der Waals surface area contributed by atoms with Gasteiger partial charge in [-0.3, -0.25) is 4.98 Å². The zero-order valence-corrected chi connectivity index (χ0v) is 9.27. The van der Waals surface area contributed by atoms with E-state index < -0.39 is 0 Å². The highest BCUT2D eigenvalue weighted by Gasteiger charge is 2.14. The van der Waals surface area contributed by atoms with Gasteiger partial charge < -0.3 is 0 Å². The van der Waals surface area contributed by atoms with E-state index in [-0.39, 0.29) is 0 Å². The Hall–Kier alpha value is -0.850. The second-order valence-corrected chi connectivity index (χ2v) is 4.31. The third-order valence-electron chi connectivity index (χ3n) is 3.11. The zero-order chi connectivity index (χ0) is 9.97. The number of aromatic nitrogens is 1. The molecule has 0 aromatic carbocycles. The van der Waals surface area contributed by atoms with E-state index in [4.69, 9.17) is 4.98 Å². The summed E-state index contributed by atoms with van der Waals surface area (Å²) in [6, 6.07) is 2.36. The first-order valence-corrected chi connectivity index (χ1v) is 5.79. The van der Waals surface area contributed by atoms with Crippen LogP contribution in [-0.4, -0.2) is 4.98 Å². The Kier molecular flexibility index (Phi) is 2.85. The van der Waals surface area contributed by atoms with Crippen LogP contribution >= 0.6 is 0 Å². The van der Waals surface area contributed by atoms with Gasteiger partial charge in [-0.25, -0.2) is 0 Å². The number of rotatable bonds is 3. The molecule has 0 spiro atoms. The van der Waals surface area contributed by atoms with Crippen LogP contribution in [0.3, 0.4) is 0 Å². The second-order valence-electron chi connectivity index (χ2n) is 4.31. The molecule has 0 aliphatic heterocycles. The van der Waals surface area contributed by atoms with E-state index in [1.165, 1.54) is 54.6 Å². The van der Waals surface area contributed by atoms with Crippen LogP contribution in [0.25, 0.3) is 0 Å². The van der Waals surface area contributed by atoms with Crippen LogP contribution in [-0.2, 0) is 19.3 Å². The van der Waals surface area contributed by atoms with Gasteiger partial charge in [0.2, 0.25) is 0 Å². The Balaban J connectivity index is 2.23. The minimum atomic E-state index is 1.16. The van der Waals surface area contributed by atoms with E-state index in [1.54, 1.807) is 0 Å². The molecule has 0 atom stereocenters. The molecule has 76 valence electrons. The molecule has 0 amide bonds. The van der Waals surface area contributed by atoms with Gasteiger partial charge >= 0.3 is 0 Å². The van der Waals surface area contributed by atoms with Crippen LogP contribution in [0.1, 0.15) is 48.7 Å². The van der Waals surface area contributed by atoms with Crippen molar-refractivity contribution in [1.82, 2.24) is 4.98 Å². The average molecular weight is 189 g/mol.